The SMILES string of the molecule is C[C@](C#N)(NC(=O)C[NH+]1CCN(c2ccccc2F)CC1)C1CC1. The largest absolute Gasteiger partial charge is 0.358 e. The lowest BCUT2D eigenvalue weighted by atomic mass is 9.98. The molecule has 0 unspecified atom stereocenters. The van der Waals surface area contributed by atoms with Crippen molar-refractivity contribution in [3.63, 3.8) is 0 Å². The molecule has 24 heavy (non-hydrogen) atoms. The minimum atomic E-state index is -0.731. The van der Waals surface area contributed by atoms with Crippen LogP contribution in [0.3, 0.4) is 0 Å². The van der Waals surface area contributed by atoms with Gasteiger partial charge >= 0.3 is 0 Å². The third-order valence-electron chi connectivity index (χ3n) is 5.10. The third kappa shape index (κ3) is 3.68. The van der Waals surface area contributed by atoms with Crippen molar-refractivity contribution >= 4 is 11.6 Å². The van der Waals surface area contributed by atoms with Gasteiger partial charge in [-0.15, -0.1) is 0 Å². The van der Waals surface area contributed by atoms with Crippen molar-refractivity contribution in [2.75, 3.05) is 37.6 Å². The summed E-state index contributed by atoms with van der Waals surface area (Å²) >= 11 is 0. The molecule has 1 aliphatic carbocycles. The zero-order chi connectivity index (χ0) is 17.2. The van der Waals surface area contributed by atoms with Crippen LogP contribution in [0.2, 0.25) is 0 Å². The maximum atomic E-state index is 13.8. The van der Waals surface area contributed by atoms with Gasteiger partial charge < -0.3 is 15.1 Å². The fraction of sp³-hybridized carbons (Fsp3) is 0.556. The summed E-state index contributed by atoms with van der Waals surface area (Å²) in [6.45, 7) is 5.20. The number of para-hydroxylation sites is 1. The van der Waals surface area contributed by atoms with Crippen LogP contribution in [0.15, 0.2) is 24.3 Å². The zero-order valence-electron chi connectivity index (χ0n) is 14.0. The molecular formula is C18H24FN4O+. The standard InChI is InChI=1S/C18H23FN4O/c1-18(13-20,14-6-7-14)21-17(24)12-22-8-10-23(11-9-22)16-5-3-2-4-15(16)19/h2-5,14H,6-12H2,1H3,(H,21,24)/p+1/t18-/m1/s1. The highest BCUT2D eigenvalue weighted by atomic mass is 19.1. The molecule has 2 aliphatic rings. The van der Waals surface area contributed by atoms with Crippen LogP contribution < -0.4 is 15.1 Å². The average Bonchev–Trinajstić information content (AvgIpc) is 3.41. The number of nitriles is 1. The Morgan fingerprint density at radius 1 is 1.42 bits per heavy atom. The van der Waals surface area contributed by atoms with E-state index in [-0.39, 0.29) is 11.7 Å². The number of amides is 1. The molecule has 6 heteroatoms. The molecule has 1 saturated heterocycles. The Hall–Kier alpha value is -2.13. The van der Waals surface area contributed by atoms with Gasteiger partial charge in [0.2, 0.25) is 0 Å². The Balaban J connectivity index is 1.50. The Bertz CT molecular complexity index is 647. The molecule has 0 aromatic heterocycles. The lowest BCUT2D eigenvalue weighted by Gasteiger charge is -2.34. The van der Waals surface area contributed by atoms with E-state index in [1.165, 1.54) is 11.0 Å². The highest BCUT2D eigenvalue weighted by molar-refractivity contribution is 5.78. The molecule has 5 nitrogen and oxygen atoms in total. The second kappa shape index (κ2) is 6.78. The number of piperazine rings is 1. The summed E-state index contributed by atoms with van der Waals surface area (Å²) < 4.78 is 13.8. The predicted molar refractivity (Wildman–Crippen MR) is 89.1 cm³/mol. The van der Waals surface area contributed by atoms with Gasteiger partial charge in [-0.2, -0.15) is 5.26 Å². The molecule has 3 rings (SSSR count). The summed E-state index contributed by atoms with van der Waals surface area (Å²) in [7, 11) is 0. The van der Waals surface area contributed by atoms with Crippen LogP contribution in [0.4, 0.5) is 10.1 Å². The van der Waals surface area contributed by atoms with E-state index >= 15 is 0 Å². The first-order valence-electron chi connectivity index (χ1n) is 8.57. The molecule has 1 aliphatic heterocycles. The number of halogens is 1. The molecule has 2 N–H and O–H groups in total. The smallest absolute Gasteiger partial charge is 0.276 e. The van der Waals surface area contributed by atoms with E-state index in [0.29, 0.717) is 18.2 Å². The Morgan fingerprint density at radius 3 is 2.67 bits per heavy atom. The number of anilines is 1. The first kappa shape index (κ1) is 16.7. The fourth-order valence-electron chi connectivity index (χ4n) is 3.39. The second-order valence-electron chi connectivity index (χ2n) is 7.00. The molecule has 1 saturated carbocycles. The molecule has 1 aromatic carbocycles. The van der Waals surface area contributed by atoms with Crippen LogP contribution >= 0.6 is 0 Å². The number of carbonyl (C=O) groups is 1. The van der Waals surface area contributed by atoms with Crippen LogP contribution in [-0.4, -0.2) is 44.2 Å². The lowest BCUT2D eigenvalue weighted by molar-refractivity contribution is -0.892. The average molecular weight is 331 g/mol. The van der Waals surface area contributed by atoms with Crippen LogP contribution in [0.1, 0.15) is 19.8 Å². The summed E-state index contributed by atoms with van der Waals surface area (Å²) in [6.07, 6.45) is 2.02. The number of quaternary nitrogens is 1. The van der Waals surface area contributed by atoms with Crippen molar-refractivity contribution in [3.05, 3.63) is 30.1 Å². The normalized spacial score (nSPS) is 21.0. The van der Waals surface area contributed by atoms with Crippen LogP contribution in [-0.2, 0) is 4.79 Å². The number of nitrogens with zero attached hydrogens (tertiary/aromatic N) is 2. The van der Waals surface area contributed by atoms with Gasteiger partial charge in [-0.05, 0) is 37.8 Å². The molecule has 1 atom stereocenters. The summed E-state index contributed by atoms with van der Waals surface area (Å²) in [4.78, 5) is 15.5. The molecular weight excluding hydrogens is 307 g/mol. The first-order valence-corrected chi connectivity index (χ1v) is 8.57. The van der Waals surface area contributed by atoms with E-state index in [1.807, 2.05) is 17.9 Å². The van der Waals surface area contributed by atoms with E-state index in [9.17, 15) is 14.4 Å². The maximum Gasteiger partial charge on any atom is 0.276 e. The van der Waals surface area contributed by atoms with Crippen molar-refractivity contribution in [2.24, 2.45) is 5.92 Å². The second-order valence-corrected chi connectivity index (χ2v) is 7.00. The minimum absolute atomic E-state index is 0.0692. The monoisotopic (exact) mass is 331 g/mol. The number of nitrogens with one attached hydrogen (secondary N) is 2. The number of hydrogen-bond acceptors (Lipinski definition) is 3. The first-order chi connectivity index (χ1) is 11.5. The van der Waals surface area contributed by atoms with Crippen molar-refractivity contribution < 1.29 is 14.1 Å². The van der Waals surface area contributed by atoms with Crippen molar-refractivity contribution in [3.8, 4) is 6.07 Å². The van der Waals surface area contributed by atoms with Crippen molar-refractivity contribution in [2.45, 2.75) is 25.3 Å². The molecule has 1 heterocycles. The number of benzene rings is 1. The predicted octanol–water partition coefficient (Wildman–Crippen LogP) is 0.339. The van der Waals surface area contributed by atoms with Gasteiger partial charge in [0.15, 0.2) is 6.54 Å². The maximum absolute atomic E-state index is 13.8. The van der Waals surface area contributed by atoms with Crippen LogP contribution in [0.5, 0.6) is 0 Å². The highest BCUT2D eigenvalue weighted by Crippen LogP contribution is 2.39. The molecule has 0 spiro atoms. The molecule has 0 radical (unpaired) electrons. The Kier molecular flexibility index (Phi) is 4.72. The summed E-state index contributed by atoms with van der Waals surface area (Å²) in [5, 5.41) is 12.2. The van der Waals surface area contributed by atoms with Gasteiger partial charge in [-0.25, -0.2) is 4.39 Å². The third-order valence-corrected chi connectivity index (χ3v) is 5.10. The lowest BCUT2D eigenvalue weighted by Crippen LogP contribution is -3.16. The Labute approximate surface area is 142 Å². The zero-order valence-corrected chi connectivity index (χ0v) is 14.0. The fourth-order valence-corrected chi connectivity index (χ4v) is 3.39. The molecule has 128 valence electrons. The molecule has 1 amide bonds. The summed E-state index contributed by atoms with van der Waals surface area (Å²) in [5.41, 5.74) is -0.0994. The van der Waals surface area contributed by atoms with Gasteiger partial charge in [-0.1, -0.05) is 12.1 Å². The molecule has 0 bridgehead atoms. The van der Waals surface area contributed by atoms with E-state index in [1.54, 1.807) is 12.1 Å². The van der Waals surface area contributed by atoms with Gasteiger partial charge in [-0.3, -0.25) is 4.79 Å². The Morgan fingerprint density at radius 2 is 2.08 bits per heavy atom. The summed E-state index contributed by atoms with van der Waals surface area (Å²) in [5.74, 6) is 0.0209. The van der Waals surface area contributed by atoms with Gasteiger partial charge in [0.25, 0.3) is 5.91 Å². The van der Waals surface area contributed by atoms with E-state index < -0.39 is 5.54 Å². The van der Waals surface area contributed by atoms with Gasteiger partial charge in [0, 0.05) is 0 Å². The van der Waals surface area contributed by atoms with Crippen LogP contribution in [0, 0.1) is 23.1 Å². The number of carbonyl (C=O) groups excluding carboxylic acids is 1. The molecule has 1 aromatic rings. The molecule has 2 fully saturated rings. The number of hydrogen-bond donors (Lipinski definition) is 2. The van der Waals surface area contributed by atoms with Crippen LogP contribution in [0.25, 0.3) is 0 Å². The summed E-state index contributed by atoms with van der Waals surface area (Å²) in [6, 6.07) is 9.05. The topological polar surface area (TPSA) is 60.6 Å². The number of rotatable bonds is 5. The van der Waals surface area contributed by atoms with Crippen molar-refractivity contribution in [1.82, 2.24) is 5.32 Å². The van der Waals surface area contributed by atoms with E-state index in [0.717, 1.165) is 39.0 Å². The van der Waals surface area contributed by atoms with Gasteiger partial charge in [0.05, 0.1) is 37.9 Å². The highest BCUT2D eigenvalue weighted by Gasteiger charge is 2.43. The van der Waals surface area contributed by atoms with E-state index in [4.69, 9.17) is 0 Å². The van der Waals surface area contributed by atoms with Gasteiger partial charge in [0.1, 0.15) is 11.4 Å². The van der Waals surface area contributed by atoms with E-state index in [2.05, 4.69) is 11.4 Å². The minimum Gasteiger partial charge on any atom is -0.358 e. The van der Waals surface area contributed by atoms with Crippen molar-refractivity contribution in [1.29, 1.82) is 5.26 Å². The quantitative estimate of drug-likeness (QED) is 0.818.